The molecule has 0 spiro atoms. The highest BCUT2D eigenvalue weighted by molar-refractivity contribution is 9.10. The van der Waals surface area contributed by atoms with Crippen LogP contribution >= 0.6 is 15.9 Å². The number of hydrogen-bond donors (Lipinski definition) is 0. The van der Waals surface area contributed by atoms with Gasteiger partial charge >= 0.3 is 0 Å². The summed E-state index contributed by atoms with van der Waals surface area (Å²) in [5.74, 6) is -0.150. The lowest BCUT2D eigenvalue weighted by Gasteiger charge is -2.23. The van der Waals surface area contributed by atoms with E-state index >= 15 is 0 Å². The maximum Gasteiger partial charge on any atom is 0.140 e. The molecule has 1 nitrogen and oxygen atoms in total. The quantitative estimate of drug-likeness (QED) is 0.799. The summed E-state index contributed by atoms with van der Waals surface area (Å²) in [7, 11) is 0. The second-order valence-electron chi connectivity index (χ2n) is 5.59. The van der Waals surface area contributed by atoms with Crippen molar-refractivity contribution in [1.82, 2.24) is 0 Å². The van der Waals surface area contributed by atoms with Gasteiger partial charge in [-0.2, -0.15) is 0 Å². The Kier molecular flexibility index (Phi) is 4.20. The molecule has 108 valence electrons. The van der Waals surface area contributed by atoms with E-state index in [2.05, 4.69) is 28.1 Å². The molecule has 0 amide bonds. The van der Waals surface area contributed by atoms with Crippen LogP contribution in [0.1, 0.15) is 23.1 Å². The summed E-state index contributed by atoms with van der Waals surface area (Å²) in [6.07, 6.45) is 2.77. The van der Waals surface area contributed by atoms with Gasteiger partial charge in [0.05, 0.1) is 0 Å². The van der Waals surface area contributed by atoms with Crippen molar-refractivity contribution in [1.29, 1.82) is 0 Å². The molecule has 0 heterocycles. The summed E-state index contributed by atoms with van der Waals surface area (Å²) in [6.45, 7) is 0. The second-order valence-corrected chi connectivity index (χ2v) is 6.50. The van der Waals surface area contributed by atoms with Gasteiger partial charge in [0.2, 0.25) is 0 Å². The van der Waals surface area contributed by atoms with Crippen LogP contribution in [0.25, 0.3) is 0 Å². The molecule has 3 heteroatoms. The molecule has 1 aliphatic carbocycles. The van der Waals surface area contributed by atoms with Gasteiger partial charge in [0.25, 0.3) is 0 Å². The van der Waals surface area contributed by atoms with Gasteiger partial charge in [-0.05, 0) is 54.2 Å². The van der Waals surface area contributed by atoms with Crippen molar-refractivity contribution in [3.05, 3.63) is 69.4 Å². The van der Waals surface area contributed by atoms with Crippen molar-refractivity contribution in [3.63, 3.8) is 0 Å². The summed E-state index contributed by atoms with van der Waals surface area (Å²) in [6, 6.07) is 13.0. The molecule has 2 aromatic rings. The number of benzene rings is 2. The van der Waals surface area contributed by atoms with Crippen molar-refractivity contribution in [2.75, 3.05) is 0 Å². The van der Waals surface area contributed by atoms with Crippen LogP contribution in [0.15, 0.2) is 46.9 Å². The Morgan fingerprint density at radius 1 is 1.19 bits per heavy atom. The number of hydrogen-bond acceptors (Lipinski definition) is 1. The molecule has 0 fully saturated rings. The Morgan fingerprint density at radius 3 is 2.76 bits per heavy atom. The van der Waals surface area contributed by atoms with Crippen LogP contribution in [0.5, 0.6) is 0 Å². The Balaban J connectivity index is 1.74. The molecule has 2 aromatic carbocycles. The summed E-state index contributed by atoms with van der Waals surface area (Å²) < 4.78 is 14.6. The van der Waals surface area contributed by atoms with Crippen molar-refractivity contribution in [3.8, 4) is 0 Å². The lowest BCUT2D eigenvalue weighted by Crippen LogP contribution is -2.24. The van der Waals surface area contributed by atoms with E-state index in [-0.39, 0.29) is 23.9 Å². The first-order valence-electron chi connectivity index (χ1n) is 7.17. The zero-order chi connectivity index (χ0) is 14.8. The van der Waals surface area contributed by atoms with Crippen molar-refractivity contribution < 1.29 is 9.18 Å². The molecule has 0 aromatic heterocycles. The van der Waals surface area contributed by atoms with E-state index in [1.54, 1.807) is 12.1 Å². The largest absolute Gasteiger partial charge is 0.299 e. The number of Topliss-reactive ketones (excluding diaryl/α,β-unsaturated/α-hetero) is 1. The molecule has 0 N–H and O–H groups in total. The Bertz CT molecular complexity index is 681. The topological polar surface area (TPSA) is 17.1 Å². The van der Waals surface area contributed by atoms with E-state index in [1.807, 2.05) is 12.1 Å². The fraction of sp³-hybridized carbons (Fsp3) is 0.278. The monoisotopic (exact) mass is 346 g/mol. The predicted molar refractivity (Wildman–Crippen MR) is 84.8 cm³/mol. The first-order chi connectivity index (χ1) is 10.1. The minimum Gasteiger partial charge on any atom is -0.299 e. The van der Waals surface area contributed by atoms with Crippen molar-refractivity contribution in [2.45, 2.75) is 25.7 Å². The normalized spacial score (nSPS) is 17.3. The lowest BCUT2D eigenvalue weighted by atomic mass is 9.80. The standard InChI is InChI=1S/C18H16BrFO/c19-16-7-8-17(20)15(10-16)11-18(21)14-6-5-12-3-1-2-4-13(12)9-14/h1-4,7-8,10,14H,5-6,9,11H2. The molecule has 21 heavy (non-hydrogen) atoms. The number of halogens is 2. The highest BCUT2D eigenvalue weighted by atomic mass is 79.9. The maximum absolute atomic E-state index is 13.8. The van der Waals surface area contributed by atoms with Crippen LogP contribution < -0.4 is 0 Å². The van der Waals surface area contributed by atoms with E-state index in [1.165, 1.54) is 17.2 Å². The fourth-order valence-electron chi connectivity index (χ4n) is 2.98. The van der Waals surface area contributed by atoms with Crippen LogP contribution in [0.3, 0.4) is 0 Å². The zero-order valence-electron chi connectivity index (χ0n) is 11.6. The van der Waals surface area contributed by atoms with E-state index < -0.39 is 0 Å². The predicted octanol–water partition coefficient (Wildman–Crippen LogP) is 4.50. The van der Waals surface area contributed by atoms with Gasteiger partial charge < -0.3 is 0 Å². The Hall–Kier alpha value is -1.48. The minimum absolute atomic E-state index is 0.0123. The summed E-state index contributed by atoms with van der Waals surface area (Å²) in [5, 5.41) is 0. The van der Waals surface area contributed by atoms with Crippen molar-refractivity contribution >= 4 is 21.7 Å². The zero-order valence-corrected chi connectivity index (χ0v) is 13.2. The van der Waals surface area contributed by atoms with Crippen molar-refractivity contribution in [2.24, 2.45) is 5.92 Å². The van der Waals surface area contributed by atoms with Crippen LogP contribution in [-0.2, 0) is 24.1 Å². The van der Waals surface area contributed by atoms with Gasteiger partial charge in [-0.1, -0.05) is 40.2 Å². The van der Waals surface area contributed by atoms with Gasteiger partial charge in [0, 0.05) is 16.8 Å². The average molecular weight is 347 g/mol. The first-order valence-corrected chi connectivity index (χ1v) is 7.96. The van der Waals surface area contributed by atoms with Gasteiger partial charge in [0.1, 0.15) is 11.6 Å². The highest BCUT2D eigenvalue weighted by Crippen LogP contribution is 2.27. The minimum atomic E-state index is -0.303. The number of carbonyl (C=O) groups excluding carboxylic acids is 1. The highest BCUT2D eigenvalue weighted by Gasteiger charge is 2.25. The molecule has 0 radical (unpaired) electrons. The molecular weight excluding hydrogens is 331 g/mol. The lowest BCUT2D eigenvalue weighted by molar-refractivity contribution is -0.122. The third-order valence-corrected chi connectivity index (χ3v) is 4.67. The SMILES string of the molecule is O=C(Cc1cc(Br)ccc1F)C1CCc2ccccc2C1. The molecule has 0 bridgehead atoms. The van der Waals surface area contributed by atoms with Gasteiger partial charge in [-0.3, -0.25) is 4.79 Å². The smallest absolute Gasteiger partial charge is 0.140 e. The van der Waals surface area contributed by atoms with E-state index in [9.17, 15) is 9.18 Å². The third kappa shape index (κ3) is 3.24. The maximum atomic E-state index is 13.8. The summed E-state index contributed by atoms with van der Waals surface area (Å²) in [5.41, 5.74) is 3.08. The van der Waals surface area contributed by atoms with Crippen LogP contribution in [0, 0.1) is 11.7 Å². The molecule has 3 rings (SSSR count). The van der Waals surface area contributed by atoms with E-state index in [4.69, 9.17) is 0 Å². The molecule has 1 unspecified atom stereocenters. The molecular formula is C18H16BrFO. The number of carbonyl (C=O) groups is 1. The third-order valence-electron chi connectivity index (χ3n) is 4.17. The average Bonchev–Trinajstić information content (AvgIpc) is 2.50. The Morgan fingerprint density at radius 2 is 1.95 bits per heavy atom. The molecule has 0 saturated carbocycles. The number of fused-ring (bicyclic) bond motifs is 1. The molecule has 1 atom stereocenters. The number of rotatable bonds is 3. The number of ketones is 1. The Labute approximate surface area is 132 Å². The van der Waals surface area contributed by atoms with Crippen LogP contribution in [0.2, 0.25) is 0 Å². The number of aryl methyl sites for hydroxylation is 1. The van der Waals surface area contributed by atoms with Crippen LogP contribution in [0.4, 0.5) is 4.39 Å². The molecule has 1 aliphatic rings. The van der Waals surface area contributed by atoms with Gasteiger partial charge in [-0.25, -0.2) is 4.39 Å². The summed E-state index contributed by atoms with van der Waals surface area (Å²) in [4.78, 5) is 12.5. The van der Waals surface area contributed by atoms with Crippen LogP contribution in [-0.4, -0.2) is 5.78 Å². The second kappa shape index (κ2) is 6.10. The molecule has 0 aliphatic heterocycles. The van der Waals surface area contributed by atoms with E-state index in [0.717, 1.165) is 23.7 Å². The fourth-order valence-corrected chi connectivity index (χ4v) is 3.39. The summed E-state index contributed by atoms with van der Waals surface area (Å²) >= 11 is 3.33. The van der Waals surface area contributed by atoms with E-state index in [0.29, 0.717) is 5.56 Å². The molecule has 0 saturated heterocycles. The van der Waals surface area contributed by atoms with Gasteiger partial charge in [-0.15, -0.1) is 0 Å². The first kappa shape index (κ1) is 14.5. The van der Waals surface area contributed by atoms with Gasteiger partial charge in [0.15, 0.2) is 0 Å².